The highest BCUT2D eigenvalue weighted by Gasteiger charge is 2.51. The van der Waals surface area contributed by atoms with Crippen LogP contribution in [0.25, 0.3) is 0 Å². The summed E-state index contributed by atoms with van der Waals surface area (Å²) in [6.45, 7) is 3.47. The highest BCUT2D eigenvalue weighted by atomic mass is 32.2. The van der Waals surface area contributed by atoms with E-state index < -0.39 is 16.5 Å². The maximum atomic E-state index is 14.6. The summed E-state index contributed by atoms with van der Waals surface area (Å²) < 4.78 is 34.3. The molecule has 3 aliphatic heterocycles. The number of halogens is 2. The molecule has 1 fully saturated rings. The lowest BCUT2D eigenvalue weighted by Crippen LogP contribution is -2.44. The van der Waals surface area contributed by atoms with Crippen molar-refractivity contribution in [3.05, 3.63) is 65.2 Å². The van der Waals surface area contributed by atoms with Crippen molar-refractivity contribution in [2.45, 2.75) is 37.0 Å². The van der Waals surface area contributed by atoms with E-state index in [9.17, 15) is 13.6 Å². The monoisotopic (exact) mass is 457 g/mol. The quantitative estimate of drug-likeness (QED) is 0.652. The van der Waals surface area contributed by atoms with Gasteiger partial charge in [0, 0.05) is 24.0 Å². The van der Waals surface area contributed by atoms with Crippen LogP contribution in [0.2, 0.25) is 0 Å². The zero-order valence-electron chi connectivity index (χ0n) is 17.7. The lowest BCUT2D eigenvalue weighted by Gasteiger charge is -2.39. The van der Waals surface area contributed by atoms with Gasteiger partial charge in [0.05, 0.1) is 6.61 Å². The Kier molecular flexibility index (Phi) is 5.90. The van der Waals surface area contributed by atoms with E-state index in [4.69, 9.17) is 4.74 Å². The summed E-state index contributed by atoms with van der Waals surface area (Å²) in [4.78, 5) is 15.0. The Morgan fingerprint density at radius 2 is 1.97 bits per heavy atom. The number of nitrogens with zero attached hydrogens (tertiary/aromatic N) is 3. The normalized spacial score (nSPS) is 22.7. The minimum absolute atomic E-state index is 0.0747. The van der Waals surface area contributed by atoms with E-state index in [1.807, 2.05) is 24.3 Å². The molecule has 0 bridgehead atoms. The number of para-hydroxylation sites is 1. The number of hydrazone groups is 1. The number of carbonyl (C=O) groups is 1. The molecule has 1 amide bonds. The van der Waals surface area contributed by atoms with Crippen LogP contribution in [-0.4, -0.2) is 47.1 Å². The van der Waals surface area contributed by atoms with Crippen LogP contribution in [-0.2, 0) is 9.67 Å². The molecular formula is C24H25F2N3O2S. The predicted molar refractivity (Wildman–Crippen MR) is 120 cm³/mol. The fourth-order valence-corrected chi connectivity index (χ4v) is 6.07. The molecule has 2 aromatic carbocycles. The van der Waals surface area contributed by atoms with Gasteiger partial charge >= 0.3 is 0 Å². The second-order valence-corrected chi connectivity index (χ2v) is 9.63. The number of benzene rings is 2. The van der Waals surface area contributed by atoms with Gasteiger partial charge in [0.25, 0.3) is 0 Å². The Morgan fingerprint density at radius 3 is 2.81 bits per heavy atom. The molecule has 2 aromatic rings. The maximum Gasteiger partial charge on any atom is 0.244 e. The number of hydrogen-bond acceptors (Lipinski definition) is 5. The first-order valence-electron chi connectivity index (χ1n) is 11.1. The van der Waals surface area contributed by atoms with Crippen LogP contribution in [0.15, 0.2) is 47.6 Å². The molecular weight excluding hydrogens is 432 g/mol. The smallest absolute Gasteiger partial charge is 0.244 e. The van der Waals surface area contributed by atoms with Crippen molar-refractivity contribution in [3.63, 3.8) is 0 Å². The molecule has 1 spiro atoms. The molecule has 3 heterocycles. The van der Waals surface area contributed by atoms with Crippen LogP contribution in [0.4, 0.5) is 8.78 Å². The van der Waals surface area contributed by atoms with Gasteiger partial charge in [0.1, 0.15) is 27.3 Å². The van der Waals surface area contributed by atoms with Gasteiger partial charge in [-0.05, 0) is 63.2 Å². The van der Waals surface area contributed by atoms with Crippen molar-refractivity contribution in [2.75, 3.05) is 26.2 Å². The predicted octanol–water partition coefficient (Wildman–Crippen LogP) is 4.71. The van der Waals surface area contributed by atoms with Gasteiger partial charge in [-0.15, -0.1) is 0 Å². The largest absolute Gasteiger partial charge is 0.493 e. The molecule has 1 saturated heterocycles. The molecule has 3 aliphatic rings. The Balaban J connectivity index is 1.47. The Morgan fingerprint density at radius 1 is 1.16 bits per heavy atom. The van der Waals surface area contributed by atoms with Gasteiger partial charge in [0.2, 0.25) is 5.91 Å². The minimum atomic E-state index is -0.826. The molecule has 1 atom stereocenters. The zero-order valence-corrected chi connectivity index (χ0v) is 18.5. The summed E-state index contributed by atoms with van der Waals surface area (Å²) in [6.07, 6.45) is 4.03. The maximum absolute atomic E-state index is 14.6. The fraction of sp³-hybridized carbons (Fsp3) is 0.417. The van der Waals surface area contributed by atoms with Crippen LogP contribution in [0.3, 0.4) is 0 Å². The third kappa shape index (κ3) is 3.90. The Labute approximate surface area is 190 Å². The number of fused-ring (bicyclic) bond motifs is 2. The molecule has 5 rings (SSSR count). The summed E-state index contributed by atoms with van der Waals surface area (Å²) in [7, 11) is 0. The topological polar surface area (TPSA) is 45.1 Å². The van der Waals surface area contributed by atoms with Gasteiger partial charge in [0.15, 0.2) is 0 Å². The highest BCUT2D eigenvalue weighted by Crippen LogP contribution is 2.54. The summed E-state index contributed by atoms with van der Waals surface area (Å²) in [5.74, 6) is -0.518. The first kappa shape index (κ1) is 21.4. The molecule has 0 N–H and O–H groups in total. The minimum Gasteiger partial charge on any atom is -0.493 e. The lowest BCUT2D eigenvalue weighted by molar-refractivity contribution is -0.135. The van der Waals surface area contributed by atoms with Crippen LogP contribution in [0.1, 0.15) is 43.2 Å². The molecule has 0 aromatic heterocycles. The Bertz CT molecular complexity index is 1060. The number of amides is 1. The molecule has 0 aliphatic carbocycles. The van der Waals surface area contributed by atoms with E-state index >= 15 is 0 Å². The van der Waals surface area contributed by atoms with Gasteiger partial charge in [-0.2, -0.15) is 5.10 Å². The van der Waals surface area contributed by atoms with E-state index in [0.717, 1.165) is 49.8 Å². The van der Waals surface area contributed by atoms with Crippen LogP contribution in [0, 0.1) is 11.6 Å². The van der Waals surface area contributed by atoms with Crippen molar-refractivity contribution in [1.82, 2.24) is 9.91 Å². The lowest BCUT2D eigenvalue weighted by atomic mass is 9.98. The number of carbonyl (C=O) groups excluding carboxylic acids is 1. The van der Waals surface area contributed by atoms with Gasteiger partial charge in [-0.3, -0.25) is 4.79 Å². The van der Waals surface area contributed by atoms with E-state index in [-0.39, 0.29) is 11.5 Å². The van der Waals surface area contributed by atoms with Crippen molar-refractivity contribution < 1.29 is 18.3 Å². The van der Waals surface area contributed by atoms with Gasteiger partial charge < -0.3 is 9.64 Å². The molecule has 8 heteroatoms. The number of likely N-dealkylation sites (tertiary alicyclic amines) is 1. The summed E-state index contributed by atoms with van der Waals surface area (Å²) in [5, 5.41) is 6.39. The van der Waals surface area contributed by atoms with E-state index in [2.05, 4.69) is 10.0 Å². The SMILES string of the molecule is O=C(CCCN1CCCC1)N1N=C(c2cc(F)ccc2F)SC12CCOc1ccccc12. The average molecular weight is 458 g/mol. The molecule has 1 unspecified atom stereocenters. The number of rotatable bonds is 5. The van der Waals surface area contributed by atoms with Crippen LogP contribution < -0.4 is 4.74 Å². The molecule has 0 radical (unpaired) electrons. The molecule has 168 valence electrons. The summed E-state index contributed by atoms with van der Waals surface area (Å²) >= 11 is 1.31. The zero-order chi connectivity index (χ0) is 22.1. The first-order chi connectivity index (χ1) is 15.6. The molecule has 5 nitrogen and oxygen atoms in total. The first-order valence-corrected chi connectivity index (χ1v) is 11.9. The van der Waals surface area contributed by atoms with Crippen molar-refractivity contribution in [1.29, 1.82) is 0 Å². The van der Waals surface area contributed by atoms with Gasteiger partial charge in [-0.25, -0.2) is 13.8 Å². The second-order valence-electron chi connectivity index (χ2n) is 8.37. The van der Waals surface area contributed by atoms with Crippen LogP contribution in [0.5, 0.6) is 5.75 Å². The third-order valence-electron chi connectivity index (χ3n) is 6.26. The number of ether oxygens (including phenoxy) is 1. The van der Waals surface area contributed by atoms with Crippen molar-refractivity contribution in [3.8, 4) is 5.75 Å². The van der Waals surface area contributed by atoms with E-state index in [0.29, 0.717) is 30.2 Å². The van der Waals surface area contributed by atoms with Crippen LogP contribution >= 0.6 is 11.8 Å². The molecule has 0 saturated carbocycles. The Hall–Kier alpha value is -2.45. The number of thioether (sulfide) groups is 1. The summed E-state index contributed by atoms with van der Waals surface area (Å²) in [6, 6.07) is 10.9. The highest BCUT2D eigenvalue weighted by molar-refractivity contribution is 8.15. The van der Waals surface area contributed by atoms with E-state index in [1.54, 1.807) is 0 Å². The van der Waals surface area contributed by atoms with Gasteiger partial charge in [-0.1, -0.05) is 30.0 Å². The van der Waals surface area contributed by atoms with Crippen molar-refractivity contribution in [2.24, 2.45) is 5.10 Å². The average Bonchev–Trinajstić information content (AvgIpc) is 3.44. The summed E-state index contributed by atoms with van der Waals surface area (Å²) in [5.41, 5.74) is 0.908. The van der Waals surface area contributed by atoms with E-state index in [1.165, 1.54) is 29.6 Å². The second kappa shape index (κ2) is 8.83. The van der Waals surface area contributed by atoms with Crippen molar-refractivity contribution >= 4 is 22.7 Å². The fourth-order valence-electron chi connectivity index (χ4n) is 4.66. The standard InChI is InChI=1S/C24H25F2N3O2S/c25-17-9-10-20(26)18(16-17)23-27-29(22(30)8-5-14-28-12-3-4-13-28)24(32-23)11-15-31-21-7-2-1-6-19(21)24/h1-2,6-7,9-10,16H,3-5,8,11-15H2. The molecule has 32 heavy (non-hydrogen) atoms. The number of hydrogen-bond donors (Lipinski definition) is 0. The third-order valence-corrected chi connectivity index (χ3v) is 7.69.